The molecule has 226 valence electrons. The minimum atomic E-state index is -0.243. The Bertz CT molecular complexity index is 2330. The number of amidine groups is 2. The van der Waals surface area contributed by atoms with Crippen molar-refractivity contribution >= 4 is 22.4 Å². The van der Waals surface area contributed by atoms with Gasteiger partial charge in [-0.3, -0.25) is 0 Å². The molecule has 1 N–H and O–H groups in total. The quantitative estimate of drug-likeness (QED) is 0.203. The topological polar surface area (TPSA) is 60.5 Å². The van der Waals surface area contributed by atoms with Gasteiger partial charge in [0.1, 0.15) is 12.0 Å². The molecule has 1 aliphatic rings. The van der Waals surface area contributed by atoms with Crippen LogP contribution < -0.4 is 5.32 Å². The van der Waals surface area contributed by atoms with Gasteiger partial charge in [-0.15, -0.1) is 0 Å². The molecular formula is C44H30N4. The average Bonchev–Trinajstić information content (AvgIpc) is 3.18. The fourth-order valence-corrected chi connectivity index (χ4v) is 6.22. The molecule has 8 rings (SSSR count). The first kappa shape index (κ1) is 28.9. The summed E-state index contributed by atoms with van der Waals surface area (Å²) in [6.45, 7) is 0. The largest absolute Gasteiger partial charge is 0.344 e. The molecule has 0 fully saturated rings. The van der Waals surface area contributed by atoms with Crippen LogP contribution in [0.5, 0.6) is 0 Å². The highest BCUT2D eigenvalue weighted by Crippen LogP contribution is 2.37. The molecule has 0 amide bonds. The molecule has 0 aliphatic carbocycles. The van der Waals surface area contributed by atoms with Crippen LogP contribution in [0, 0.1) is 11.3 Å². The third-order valence-corrected chi connectivity index (χ3v) is 8.79. The summed E-state index contributed by atoms with van der Waals surface area (Å²) >= 11 is 0. The smallest absolute Gasteiger partial charge is 0.159 e. The standard InChI is InChI=1S/C44H30N4/c45-29-30-15-17-31(18-16-30)32-19-21-33(22-20-32)40-27-38-13-7-8-14-39(38)28-41(40)34-23-25-37(26-24-34)44-47-42(35-9-3-1-4-10-35)46-43(48-44)36-11-5-2-6-12-36/h1-28,42H,(H,46,47,48). The van der Waals surface area contributed by atoms with Crippen LogP contribution in [0.3, 0.4) is 0 Å². The van der Waals surface area contributed by atoms with Crippen LogP contribution >= 0.6 is 0 Å². The van der Waals surface area contributed by atoms with Gasteiger partial charge in [-0.05, 0) is 74.0 Å². The third kappa shape index (κ3) is 5.77. The Morgan fingerprint density at radius 1 is 0.479 bits per heavy atom. The van der Waals surface area contributed by atoms with Crippen molar-refractivity contribution < 1.29 is 0 Å². The molecule has 0 spiro atoms. The van der Waals surface area contributed by atoms with Crippen molar-refractivity contribution in [2.45, 2.75) is 6.17 Å². The summed E-state index contributed by atoms with van der Waals surface area (Å²) < 4.78 is 0. The molecular weight excluding hydrogens is 585 g/mol. The zero-order valence-corrected chi connectivity index (χ0v) is 26.1. The van der Waals surface area contributed by atoms with Gasteiger partial charge in [0.15, 0.2) is 5.84 Å². The summed E-state index contributed by atoms with van der Waals surface area (Å²) in [4.78, 5) is 9.96. The maximum absolute atomic E-state index is 9.18. The number of hydrogen-bond donors (Lipinski definition) is 1. The third-order valence-electron chi connectivity index (χ3n) is 8.79. The van der Waals surface area contributed by atoms with Crippen molar-refractivity contribution in [2.24, 2.45) is 9.98 Å². The van der Waals surface area contributed by atoms with Crippen molar-refractivity contribution in [1.29, 1.82) is 5.26 Å². The SMILES string of the molecule is N#Cc1ccc(-c2ccc(-c3cc4ccccc4cc3-c3ccc(C4=NC(c5ccccc5)=NC(c5ccccc5)N4)cc3)cc2)cc1. The Balaban J connectivity index is 1.16. The van der Waals surface area contributed by atoms with Crippen molar-refractivity contribution in [3.8, 4) is 39.4 Å². The minimum Gasteiger partial charge on any atom is -0.344 e. The summed E-state index contributed by atoms with van der Waals surface area (Å²) in [6, 6.07) is 60.7. The summed E-state index contributed by atoms with van der Waals surface area (Å²) in [6.07, 6.45) is -0.243. The van der Waals surface area contributed by atoms with Crippen molar-refractivity contribution in [3.05, 3.63) is 192 Å². The van der Waals surface area contributed by atoms with E-state index in [1.807, 2.05) is 60.7 Å². The van der Waals surface area contributed by atoms with E-state index in [0.717, 1.165) is 44.8 Å². The molecule has 4 heteroatoms. The average molecular weight is 615 g/mol. The molecule has 0 radical (unpaired) electrons. The molecule has 0 aromatic heterocycles. The number of nitrogens with zero attached hydrogens (tertiary/aromatic N) is 3. The van der Waals surface area contributed by atoms with Gasteiger partial charge in [0, 0.05) is 11.1 Å². The predicted octanol–water partition coefficient (Wildman–Crippen LogP) is 10.2. The number of nitriles is 1. The summed E-state index contributed by atoms with van der Waals surface area (Å²) in [5.41, 5.74) is 10.5. The van der Waals surface area contributed by atoms with Gasteiger partial charge in [-0.25, -0.2) is 9.98 Å². The highest BCUT2D eigenvalue weighted by molar-refractivity contribution is 6.13. The van der Waals surface area contributed by atoms with E-state index in [1.165, 1.54) is 21.9 Å². The van der Waals surface area contributed by atoms with Gasteiger partial charge in [-0.2, -0.15) is 5.26 Å². The van der Waals surface area contributed by atoms with Crippen LogP contribution in [-0.4, -0.2) is 11.7 Å². The Kier molecular flexibility index (Phi) is 7.62. The van der Waals surface area contributed by atoms with Gasteiger partial charge in [0.2, 0.25) is 0 Å². The maximum Gasteiger partial charge on any atom is 0.159 e. The second-order valence-electron chi connectivity index (χ2n) is 11.8. The van der Waals surface area contributed by atoms with Crippen LogP contribution in [0.25, 0.3) is 44.2 Å². The number of hydrogen-bond acceptors (Lipinski definition) is 4. The van der Waals surface area contributed by atoms with Crippen LogP contribution in [0.4, 0.5) is 0 Å². The van der Waals surface area contributed by atoms with E-state index in [9.17, 15) is 5.26 Å². The lowest BCUT2D eigenvalue weighted by Crippen LogP contribution is -2.33. The number of fused-ring (bicyclic) bond motifs is 1. The molecule has 7 aromatic rings. The van der Waals surface area contributed by atoms with Crippen molar-refractivity contribution in [1.82, 2.24) is 5.32 Å². The van der Waals surface area contributed by atoms with E-state index in [1.54, 1.807) is 0 Å². The fraction of sp³-hybridized carbons (Fsp3) is 0.0227. The molecule has 4 nitrogen and oxygen atoms in total. The molecule has 1 heterocycles. The lowest BCUT2D eigenvalue weighted by atomic mass is 9.90. The van der Waals surface area contributed by atoms with Gasteiger partial charge in [0.05, 0.1) is 11.6 Å². The van der Waals surface area contributed by atoms with Gasteiger partial charge in [-0.1, -0.05) is 146 Å². The first-order valence-electron chi connectivity index (χ1n) is 16.0. The second kappa shape index (κ2) is 12.7. The fourth-order valence-electron chi connectivity index (χ4n) is 6.22. The molecule has 48 heavy (non-hydrogen) atoms. The van der Waals surface area contributed by atoms with E-state index >= 15 is 0 Å². The first-order valence-corrected chi connectivity index (χ1v) is 16.0. The molecule has 1 atom stereocenters. The number of benzene rings is 7. The Morgan fingerprint density at radius 3 is 1.52 bits per heavy atom. The van der Waals surface area contributed by atoms with Crippen molar-refractivity contribution in [3.63, 3.8) is 0 Å². The van der Waals surface area contributed by atoms with E-state index in [0.29, 0.717) is 11.4 Å². The van der Waals surface area contributed by atoms with Gasteiger partial charge < -0.3 is 5.32 Å². The summed E-state index contributed by atoms with van der Waals surface area (Å²) in [5, 5.41) is 15.2. The van der Waals surface area contributed by atoms with Gasteiger partial charge in [0.25, 0.3) is 0 Å². The summed E-state index contributed by atoms with van der Waals surface area (Å²) in [5.74, 6) is 1.50. The molecule has 0 saturated carbocycles. The molecule has 7 aromatic carbocycles. The zero-order chi connectivity index (χ0) is 32.3. The predicted molar refractivity (Wildman–Crippen MR) is 197 cm³/mol. The maximum atomic E-state index is 9.18. The van der Waals surface area contributed by atoms with Crippen LogP contribution in [0.1, 0.15) is 28.4 Å². The van der Waals surface area contributed by atoms with Gasteiger partial charge >= 0.3 is 0 Å². The molecule has 1 aliphatic heterocycles. The Hall–Kier alpha value is -6.57. The number of aliphatic imine (C=N–C) groups is 2. The van der Waals surface area contributed by atoms with Crippen LogP contribution in [0.2, 0.25) is 0 Å². The minimum absolute atomic E-state index is 0.243. The zero-order valence-electron chi connectivity index (χ0n) is 26.1. The highest BCUT2D eigenvalue weighted by Gasteiger charge is 2.21. The second-order valence-corrected chi connectivity index (χ2v) is 11.8. The van der Waals surface area contributed by atoms with E-state index in [4.69, 9.17) is 9.98 Å². The highest BCUT2D eigenvalue weighted by atomic mass is 15.2. The normalized spacial score (nSPS) is 14.0. The van der Waals surface area contributed by atoms with Crippen LogP contribution in [0.15, 0.2) is 180 Å². The van der Waals surface area contributed by atoms with Crippen LogP contribution in [-0.2, 0) is 0 Å². The van der Waals surface area contributed by atoms with Crippen molar-refractivity contribution in [2.75, 3.05) is 0 Å². The molecule has 0 saturated heterocycles. The number of rotatable bonds is 6. The van der Waals surface area contributed by atoms with E-state index < -0.39 is 0 Å². The Labute approximate surface area is 280 Å². The lowest BCUT2D eigenvalue weighted by molar-refractivity contribution is 0.674. The summed E-state index contributed by atoms with van der Waals surface area (Å²) in [7, 11) is 0. The number of nitrogens with one attached hydrogen (secondary N) is 1. The lowest BCUT2D eigenvalue weighted by Gasteiger charge is -2.23. The molecule has 0 bridgehead atoms. The monoisotopic (exact) mass is 614 g/mol. The molecule has 1 unspecified atom stereocenters. The first-order chi connectivity index (χ1) is 23.7. The van der Waals surface area contributed by atoms with E-state index in [-0.39, 0.29) is 6.17 Å². The Morgan fingerprint density at radius 2 is 0.958 bits per heavy atom. The van der Waals surface area contributed by atoms with E-state index in [2.05, 4.69) is 121 Å².